The third kappa shape index (κ3) is 2.11. The van der Waals surface area contributed by atoms with Crippen LogP contribution in [0.15, 0.2) is 0 Å². The number of hydrogen-bond acceptors (Lipinski definition) is 5. The van der Waals surface area contributed by atoms with Crippen LogP contribution in [0.25, 0.3) is 0 Å². The van der Waals surface area contributed by atoms with Gasteiger partial charge in [0.05, 0.1) is 17.1 Å². The van der Waals surface area contributed by atoms with Gasteiger partial charge in [-0.2, -0.15) is 0 Å². The smallest absolute Gasteiger partial charge is 0.254 e. The lowest BCUT2D eigenvalue weighted by atomic mass is 10.3. The first kappa shape index (κ1) is 9.37. The summed E-state index contributed by atoms with van der Waals surface area (Å²) in [6.45, 7) is 5.11. The Labute approximate surface area is 74.7 Å². The van der Waals surface area contributed by atoms with Crippen molar-refractivity contribution in [2.45, 2.75) is 20.8 Å². The van der Waals surface area contributed by atoms with Crippen molar-refractivity contribution in [3.63, 3.8) is 0 Å². The van der Waals surface area contributed by atoms with Crippen molar-refractivity contribution >= 4 is 0 Å². The summed E-state index contributed by atoms with van der Waals surface area (Å²) >= 11 is 0. The molecule has 0 fully saturated rings. The van der Waals surface area contributed by atoms with E-state index in [9.17, 15) is 10.1 Å². The Morgan fingerprint density at radius 2 is 1.69 bits per heavy atom. The van der Waals surface area contributed by atoms with Crippen LogP contribution in [0, 0.1) is 30.9 Å². The lowest BCUT2D eigenvalue weighted by Gasteiger charge is -2.04. The highest BCUT2D eigenvalue weighted by Crippen LogP contribution is 2.14. The van der Waals surface area contributed by atoms with Crippen LogP contribution in [0.2, 0.25) is 0 Å². The van der Waals surface area contributed by atoms with E-state index in [0.29, 0.717) is 11.4 Å². The van der Waals surface area contributed by atoms with Crippen LogP contribution in [-0.2, 0) is 0 Å². The lowest BCUT2D eigenvalue weighted by molar-refractivity contribution is -0.712. The highest BCUT2D eigenvalue weighted by Gasteiger charge is 2.08. The zero-order valence-electron chi connectivity index (χ0n) is 7.57. The summed E-state index contributed by atoms with van der Waals surface area (Å²) in [5.74, 6) is -0.0481. The molecule has 0 radical (unpaired) electrons. The molecule has 0 unspecified atom stereocenters. The van der Waals surface area contributed by atoms with Gasteiger partial charge < -0.3 is 0 Å². The minimum Gasteiger partial charge on any atom is -0.254 e. The van der Waals surface area contributed by atoms with Crippen molar-refractivity contribution < 1.29 is 9.92 Å². The lowest BCUT2D eigenvalue weighted by Crippen LogP contribution is -2.09. The van der Waals surface area contributed by atoms with Crippen LogP contribution in [0.3, 0.4) is 0 Å². The minimum atomic E-state index is -0.897. The van der Waals surface area contributed by atoms with E-state index >= 15 is 0 Å². The third-order valence-corrected chi connectivity index (χ3v) is 1.60. The van der Waals surface area contributed by atoms with Gasteiger partial charge in [0.2, 0.25) is 5.88 Å². The molecular weight excluding hydrogens is 174 g/mol. The molecule has 1 aromatic heterocycles. The van der Waals surface area contributed by atoms with Gasteiger partial charge in [-0.15, -0.1) is 10.1 Å². The molecule has 0 aliphatic rings. The molecule has 6 nitrogen and oxygen atoms in total. The normalized spacial score (nSPS) is 9.77. The van der Waals surface area contributed by atoms with Crippen molar-refractivity contribution in [2.75, 3.05) is 0 Å². The molecular formula is C7H9N3O3. The number of aromatic nitrogens is 2. The largest absolute Gasteiger partial charge is 0.301 e. The first-order chi connectivity index (χ1) is 6.00. The Hall–Kier alpha value is -1.72. The summed E-state index contributed by atoms with van der Waals surface area (Å²) in [5.41, 5.74) is 1.79. The van der Waals surface area contributed by atoms with Crippen molar-refractivity contribution in [1.29, 1.82) is 0 Å². The van der Waals surface area contributed by atoms with Gasteiger partial charge in [-0.3, -0.25) is 9.82 Å². The second-order valence-corrected chi connectivity index (χ2v) is 2.60. The van der Waals surface area contributed by atoms with Crippen molar-refractivity contribution in [3.8, 4) is 5.88 Å². The molecule has 0 saturated carbocycles. The monoisotopic (exact) mass is 183 g/mol. The summed E-state index contributed by atoms with van der Waals surface area (Å²) in [6.07, 6.45) is 0. The summed E-state index contributed by atoms with van der Waals surface area (Å²) in [4.78, 5) is 22.2. The molecule has 0 bridgehead atoms. The average molecular weight is 183 g/mol. The number of aryl methyl sites for hydroxylation is 3. The van der Waals surface area contributed by atoms with E-state index in [-0.39, 0.29) is 5.88 Å². The molecule has 0 aromatic carbocycles. The minimum absolute atomic E-state index is 0.0481. The fraction of sp³-hybridized carbons (Fsp3) is 0.429. The molecule has 0 aliphatic heterocycles. The molecule has 0 amide bonds. The van der Waals surface area contributed by atoms with Gasteiger partial charge in [0, 0.05) is 0 Å². The van der Waals surface area contributed by atoms with Gasteiger partial charge in [-0.05, 0) is 20.8 Å². The Bertz CT molecular complexity index is 351. The highest BCUT2D eigenvalue weighted by molar-refractivity contribution is 5.21. The predicted octanol–water partition coefficient (Wildman–Crippen LogP) is 0.972. The molecule has 6 heteroatoms. The van der Waals surface area contributed by atoms with Gasteiger partial charge in [0.25, 0.3) is 0 Å². The first-order valence-electron chi connectivity index (χ1n) is 3.65. The Morgan fingerprint density at radius 3 is 2.23 bits per heavy atom. The average Bonchev–Trinajstić information content (AvgIpc) is 1.99. The van der Waals surface area contributed by atoms with E-state index in [1.165, 1.54) is 0 Å². The predicted molar refractivity (Wildman–Crippen MR) is 43.9 cm³/mol. The molecule has 0 aliphatic carbocycles. The second kappa shape index (κ2) is 3.34. The standard InChI is InChI=1S/C7H9N3O3/c1-4-5(2)9-7(6(3)8-4)13-10(11)12/h1-3H3. The van der Waals surface area contributed by atoms with Crippen LogP contribution in [-0.4, -0.2) is 15.1 Å². The number of rotatable bonds is 2. The zero-order chi connectivity index (χ0) is 10.0. The van der Waals surface area contributed by atoms with Crippen LogP contribution >= 0.6 is 0 Å². The molecule has 0 saturated heterocycles. The maximum atomic E-state index is 10.0. The number of hydrogen-bond donors (Lipinski definition) is 0. The first-order valence-corrected chi connectivity index (χ1v) is 3.65. The van der Waals surface area contributed by atoms with E-state index < -0.39 is 5.09 Å². The van der Waals surface area contributed by atoms with E-state index in [1.54, 1.807) is 20.8 Å². The van der Waals surface area contributed by atoms with Gasteiger partial charge in [-0.25, -0.2) is 4.98 Å². The summed E-state index contributed by atoms with van der Waals surface area (Å²) in [7, 11) is 0. The van der Waals surface area contributed by atoms with Crippen LogP contribution in [0.1, 0.15) is 17.1 Å². The van der Waals surface area contributed by atoms with Gasteiger partial charge in [0.1, 0.15) is 0 Å². The maximum absolute atomic E-state index is 10.0. The van der Waals surface area contributed by atoms with E-state index in [0.717, 1.165) is 5.69 Å². The Morgan fingerprint density at radius 1 is 1.15 bits per heavy atom. The van der Waals surface area contributed by atoms with Crippen molar-refractivity contribution in [1.82, 2.24) is 9.97 Å². The fourth-order valence-electron chi connectivity index (χ4n) is 0.851. The molecule has 70 valence electrons. The Kier molecular flexibility index (Phi) is 2.41. The van der Waals surface area contributed by atoms with E-state index in [1.807, 2.05) is 0 Å². The summed E-state index contributed by atoms with van der Waals surface area (Å²) in [5, 5.41) is 9.14. The highest BCUT2D eigenvalue weighted by atomic mass is 17.0. The maximum Gasteiger partial charge on any atom is 0.301 e. The van der Waals surface area contributed by atoms with Crippen LogP contribution in [0.5, 0.6) is 5.88 Å². The SMILES string of the molecule is Cc1nc(C)c(O[N+](=O)[O-])nc1C. The van der Waals surface area contributed by atoms with E-state index in [2.05, 4.69) is 14.8 Å². The topological polar surface area (TPSA) is 78.2 Å². The van der Waals surface area contributed by atoms with E-state index in [4.69, 9.17) is 0 Å². The summed E-state index contributed by atoms with van der Waals surface area (Å²) in [6, 6.07) is 0. The van der Waals surface area contributed by atoms with Crippen LogP contribution < -0.4 is 4.84 Å². The molecule has 0 N–H and O–H groups in total. The van der Waals surface area contributed by atoms with Gasteiger partial charge in [-0.1, -0.05) is 0 Å². The third-order valence-electron chi connectivity index (χ3n) is 1.60. The quantitative estimate of drug-likeness (QED) is 0.504. The fourth-order valence-corrected chi connectivity index (χ4v) is 0.851. The molecule has 1 heterocycles. The molecule has 1 aromatic rings. The number of nitrogens with zero attached hydrogens (tertiary/aromatic N) is 3. The molecule has 0 atom stereocenters. The zero-order valence-corrected chi connectivity index (χ0v) is 7.57. The van der Waals surface area contributed by atoms with Crippen molar-refractivity contribution in [3.05, 3.63) is 27.2 Å². The molecule has 1 rings (SSSR count). The Balaban J connectivity index is 3.08. The van der Waals surface area contributed by atoms with Gasteiger partial charge in [0.15, 0.2) is 0 Å². The van der Waals surface area contributed by atoms with Crippen molar-refractivity contribution in [2.24, 2.45) is 0 Å². The molecule has 0 spiro atoms. The second-order valence-electron chi connectivity index (χ2n) is 2.60. The molecule has 13 heavy (non-hydrogen) atoms. The summed E-state index contributed by atoms with van der Waals surface area (Å²) < 4.78 is 0. The van der Waals surface area contributed by atoms with Gasteiger partial charge >= 0.3 is 5.09 Å². The van der Waals surface area contributed by atoms with Crippen LogP contribution in [0.4, 0.5) is 0 Å².